The summed E-state index contributed by atoms with van der Waals surface area (Å²) in [6, 6.07) is 11.1. The van der Waals surface area contributed by atoms with E-state index in [0.29, 0.717) is 22.7 Å². The van der Waals surface area contributed by atoms with E-state index in [1.807, 2.05) is 0 Å². The lowest BCUT2D eigenvalue weighted by molar-refractivity contribution is -0.137. The zero-order valence-electron chi connectivity index (χ0n) is 15.7. The van der Waals surface area contributed by atoms with Crippen LogP contribution in [-0.4, -0.2) is 10.5 Å². The molecule has 0 atom stereocenters. The molecule has 9 heteroatoms. The Balaban J connectivity index is 1.49. The fourth-order valence-electron chi connectivity index (χ4n) is 2.99. The third-order valence-corrected chi connectivity index (χ3v) is 4.66. The van der Waals surface area contributed by atoms with Crippen LogP contribution in [0.3, 0.4) is 0 Å². The van der Waals surface area contributed by atoms with Crippen LogP contribution in [0.4, 0.5) is 24.5 Å². The molecule has 0 bridgehead atoms. The van der Waals surface area contributed by atoms with Gasteiger partial charge in [-0.3, -0.25) is 9.59 Å². The van der Waals surface area contributed by atoms with Gasteiger partial charge in [0, 0.05) is 31.4 Å². The van der Waals surface area contributed by atoms with E-state index < -0.39 is 17.6 Å². The van der Waals surface area contributed by atoms with Crippen LogP contribution in [0, 0.1) is 0 Å². The van der Waals surface area contributed by atoms with E-state index >= 15 is 0 Å². The van der Waals surface area contributed by atoms with E-state index in [2.05, 4.69) is 10.6 Å². The minimum atomic E-state index is -4.47. The molecule has 2 heterocycles. The summed E-state index contributed by atoms with van der Waals surface area (Å²) in [5.74, 6) is 0.00502. The van der Waals surface area contributed by atoms with Crippen LogP contribution >= 0.6 is 0 Å². The number of rotatable bonds is 3. The van der Waals surface area contributed by atoms with Gasteiger partial charge in [0.15, 0.2) is 11.5 Å². The van der Waals surface area contributed by atoms with Crippen LogP contribution in [0.1, 0.15) is 21.5 Å². The maximum absolute atomic E-state index is 12.9. The van der Waals surface area contributed by atoms with Gasteiger partial charge >= 0.3 is 6.18 Å². The molecular weight excluding hydrogens is 399 g/mol. The standard InChI is InChI=1S/C21H16F3N3O3/c1-27-7-6-13(9-19(27)28)20(29)25-11-12-2-4-15-17(8-12)30-18-10-14(21(22,23)24)3-5-16(18)26-15/h2-10,26H,11H2,1H3,(H,25,29). The molecule has 1 amide bonds. The summed E-state index contributed by atoms with van der Waals surface area (Å²) < 4.78 is 45.8. The zero-order chi connectivity index (χ0) is 21.5. The second-order valence-electron chi connectivity index (χ2n) is 6.81. The molecule has 30 heavy (non-hydrogen) atoms. The van der Waals surface area contributed by atoms with Crippen molar-refractivity contribution in [1.29, 1.82) is 0 Å². The molecule has 1 aromatic heterocycles. The number of ether oxygens (including phenoxy) is 1. The lowest BCUT2D eigenvalue weighted by Crippen LogP contribution is -2.25. The average molecular weight is 415 g/mol. The van der Waals surface area contributed by atoms with E-state index in [1.54, 1.807) is 25.2 Å². The highest BCUT2D eigenvalue weighted by Crippen LogP contribution is 2.44. The number of hydrogen-bond donors (Lipinski definition) is 2. The Kier molecular flexibility index (Phi) is 4.73. The summed E-state index contributed by atoms with van der Waals surface area (Å²) in [7, 11) is 1.58. The topological polar surface area (TPSA) is 72.4 Å². The summed E-state index contributed by atoms with van der Waals surface area (Å²) in [6.07, 6.45) is -2.97. The minimum Gasteiger partial charge on any atom is -0.453 e. The van der Waals surface area contributed by atoms with Crippen molar-refractivity contribution in [3.05, 3.63) is 81.8 Å². The maximum Gasteiger partial charge on any atom is 0.416 e. The van der Waals surface area contributed by atoms with Crippen molar-refractivity contribution in [3.8, 4) is 11.5 Å². The summed E-state index contributed by atoms with van der Waals surface area (Å²) in [6.45, 7) is 0.153. The molecule has 4 rings (SSSR count). The molecule has 0 radical (unpaired) electrons. The van der Waals surface area contributed by atoms with Gasteiger partial charge in [0.1, 0.15) is 0 Å². The average Bonchev–Trinajstić information content (AvgIpc) is 2.71. The second kappa shape index (κ2) is 7.25. The number of amides is 1. The molecule has 1 aliphatic rings. The van der Waals surface area contributed by atoms with E-state index in [-0.39, 0.29) is 23.4 Å². The second-order valence-corrected chi connectivity index (χ2v) is 6.81. The van der Waals surface area contributed by atoms with E-state index in [9.17, 15) is 22.8 Å². The lowest BCUT2D eigenvalue weighted by atomic mass is 10.1. The minimum absolute atomic E-state index is 0.0682. The Morgan fingerprint density at radius 1 is 1.07 bits per heavy atom. The number of halogens is 3. The number of carbonyl (C=O) groups excluding carboxylic acids is 1. The maximum atomic E-state index is 12.9. The molecule has 2 aromatic carbocycles. The number of anilines is 2. The van der Waals surface area contributed by atoms with Gasteiger partial charge in [0.2, 0.25) is 0 Å². The van der Waals surface area contributed by atoms with Gasteiger partial charge in [-0.2, -0.15) is 13.2 Å². The van der Waals surface area contributed by atoms with Crippen LogP contribution in [0.2, 0.25) is 0 Å². The number of fused-ring (bicyclic) bond motifs is 2. The Morgan fingerprint density at radius 2 is 1.77 bits per heavy atom. The van der Waals surface area contributed by atoms with Crippen molar-refractivity contribution >= 4 is 17.3 Å². The van der Waals surface area contributed by atoms with E-state index in [0.717, 1.165) is 12.1 Å². The monoisotopic (exact) mass is 415 g/mol. The van der Waals surface area contributed by atoms with Crippen molar-refractivity contribution in [2.24, 2.45) is 7.05 Å². The first kappa shape index (κ1) is 19.6. The lowest BCUT2D eigenvalue weighted by Gasteiger charge is -2.23. The number of aryl methyl sites for hydroxylation is 1. The van der Waals surface area contributed by atoms with Crippen molar-refractivity contribution in [1.82, 2.24) is 9.88 Å². The van der Waals surface area contributed by atoms with Gasteiger partial charge in [0.05, 0.1) is 16.9 Å². The Labute approximate surface area is 168 Å². The molecule has 154 valence electrons. The molecule has 6 nitrogen and oxygen atoms in total. The zero-order valence-corrected chi connectivity index (χ0v) is 15.7. The molecule has 2 N–H and O–H groups in total. The Hall–Kier alpha value is -3.75. The number of pyridine rings is 1. The van der Waals surface area contributed by atoms with Gasteiger partial charge in [-0.05, 0) is 42.0 Å². The number of nitrogens with one attached hydrogen (secondary N) is 2. The quantitative estimate of drug-likeness (QED) is 0.527. The molecular formula is C21H16F3N3O3. The summed E-state index contributed by atoms with van der Waals surface area (Å²) >= 11 is 0. The van der Waals surface area contributed by atoms with Crippen LogP contribution in [-0.2, 0) is 19.8 Å². The Morgan fingerprint density at radius 3 is 2.47 bits per heavy atom. The number of hydrogen-bond acceptors (Lipinski definition) is 4. The van der Waals surface area contributed by atoms with E-state index in [4.69, 9.17) is 4.74 Å². The van der Waals surface area contributed by atoms with Crippen molar-refractivity contribution in [2.75, 3.05) is 5.32 Å². The van der Waals surface area contributed by atoms with Crippen LogP contribution in [0.25, 0.3) is 0 Å². The number of carbonyl (C=O) groups is 1. The number of aromatic nitrogens is 1. The normalized spacial score (nSPS) is 12.3. The largest absolute Gasteiger partial charge is 0.453 e. The van der Waals surface area contributed by atoms with Crippen molar-refractivity contribution < 1.29 is 22.7 Å². The van der Waals surface area contributed by atoms with Crippen LogP contribution in [0.5, 0.6) is 11.5 Å². The predicted molar refractivity (Wildman–Crippen MR) is 104 cm³/mol. The molecule has 0 unspecified atom stereocenters. The van der Waals surface area contributed by atoms with Gasteiger partial charge in [-0.25, -0.2) is 0 Å². The first-order valence-corrected chi connectivity index (χ1v) is 8.94. The molecule has 0 fully saturated rings. The highest BCUT2D eigenvalue weighted by molar-refractivity contribution is 5.94. The number of nitrogens with zero attached hydrogens (tertiary/aromatic N) is 1. The van der Waals surface area contributed by atoms with Gasteiger partial charge in [-0.15, -0.1) is 0 Å². The molecule has 0 aliphatic carbocycles. The third kappa shape index (κ3) is 3.86. The highest BCUT2D eigenvalue weighted by atomic mass is 19.4. The fraction of sp³-hybridized carbons (Fsp3) is 0.143. The van der Waals surface area contributed by atoms with Crippen molar-refractivity contribution in [2.45, 2.75) is 12.7 Å². The SMILES string of the molecule is Cn1ccc(C(=O)NCc2ccc3c(c2)Oc2cc(C(F)(F)F)ccc2N3)cc1=O. The number of alkyl halides is 3. The van der Waals surface area contributed by atoms with Crippen molar-refractivity contribution in [3.63, 3.8) is 0 Å². The fourth-order valence-corrected chi connectivity index (χ4v) is 2.99. The highest BCUT2D eigenvalue weighted by Gasteiger charge is 2.32. The Bertz CT molecular complexity index is 1200. The predicted octanol–water partition coefficient (Wildman–Crippen LogP) is 4.18. The smallest absolute Gasteiger partial charge is 0.416 e. The van der Waals surface area contributed by atoms with Gasteiger partial charge < -0.3 is 19.9 Å². The molecule has 1 aliphatic heterocycles. The number of benzene rings is 2. The van der Waals surface area contributed by atoms with E-state index in [1.165, 1.54) is 29.0 Å². The first-order valence-electron chi connectivity index (χ1n) is 8.94. The van der Waals surface area contributed by atoms with Gasteiger partial charge in [0.25, 0.3) is 11.5 Å². The molecule has 0 saturated carbocycles. The first-order chi connectivity index (χ1) is 14.2. The van der Waals surface area contributed by atoms with Crippen LogP contribution < -0.4 is 20.9 Å². The molecule has 0 saturated heterocycles. The van der Waals surface area contributed by atoms with Gasteiger partial charge in [-0.1, -0.05) is 6.07 Å². The summed E-state index contributed by atoms with van der Waals surface area (Å²) in [4.78, 5) is 23.9. The third-order valence-electron chi connectivity index (χ3n) is 4.66. The molecule has 3 aromatic rings. The van der Waals surface area contributed by atoms with Crippen LogP contribution in [0.15, 0.2) is 59.5 Å². The molecule has 0 spiro atoms. The summed E-state index contributed by atoms with van der Waals surface area (Å²) in [5, 5.41) is 5.74. The summed E-state index contributed by atoms with van der Waals surface area (Å²) in [5.41, 5.74) is 0.855.